The minimum absolute atomic E-state index is 0.854. The summed E-state index contributed by atoms with van der Waals surface area (Å²) in [5.41, 5.74) is 0. The highest BCUT2D eigenvalue weighted by Crippen LogP contribution is 2.15. The van der Waals surface area contributed by atoms with Gasteiger partial charge in [0.1, 0.15) is 5.82 Å². The van der Waals surface area contributed by atoms with E-state index < -0.39 is 0 Å². The van der Waals surface area contributed by atoms with Gasteiger partial charge in [0.2, 0.25) is 0 Å². The summed E-state index contributed by atoms with van der Waals surface area (Å²) in [5, 5.41) is 6.82. The number of rotatable bonds is 6. The summed E-state index contributed by atoms with van der Waals surface area (Å²) >= 11 is 0. The van der Waals surface area contributed by atoms with Crippen LogP contribution in [0.2, 0.25) is 0 Å². The third-order valence-corrected chi connectivity index (χ3v) is 4.15. The number of anilines is 1. The molecule has 0 spiro atoms. The Hall–Kier alpha value is -1.78. The van der Waals surface area contributed by atoms with Crippen LogP contribution in [-0.2, 0) is 0 Å². The molecule has 0 aromatic carbocycles. The first-order chi connectivity index (χ1) is 10.8. The van der Waals surface area contributed by atoms with Crippen LogP contribution in [0.5, 0.6) is 0 Å². The van der Waals surface area contributed by atoms with E-state index in [4.69, 9.17) is 0 Å². The van der Waals surface area contributed by atoms with Crippen LogP contribution in [0.3, 0.4) is 0 Å². The number of pyridine rings is 1. The van der Waals surface area contributed by atoms with Crippen molar-refractivity contribution in [2.75, 3.05) is 38.5 Å². The number of unbranched alkanes of at least 4 members (excludes halogenated alkanes) is 1. The molecular weight excluding hydrogens is 274 g/mol. The Morgan fingerprint density at radius 3 is 2.73 bits per heavy atom. The highest BCUT2D eigenvalue weighted by atomic mass is 15.3. The predicted molar refractivity (Wildman–Crippen MR) is 93.3 cm³/mol. The van der Waals surface area contributed by atoms with Crippen molar-refractivity contribution in [3.63, 3.8) is 0 Å². The minimum Gasteiger partial charge on any atom is -0.370 e. The van der Waals surface area contributed by atoms with Gasteiger partial charge in [0, 0.05) is 39.4 Å². The normalized spacial score (nSPS) is 16.6. The van der Waals surface area contributed by atoms with E-state index >= 15 is 0 Å². The molecule has 0 atom stereocenters. The van der Waals surface area contributed by atoms with Crippen molar-refractivity contribution < 1.29 is 0 Å². The zero-order chi connectivity index (χ0) is 15.6. The Bertz CT molecular complexity index is 438. The van der Waals surface area contributed by atoms with Crippen LogP contribution >= 0.6 is 0 Å². The lowest BCUT2D eigenvalue weighted by atomic mass is 10.00. The second-order valence-corrected chi connectivity index (χ2v) is 5.99. The summed E-state index contributed by atoms with van der Waals surface area (Å²) in [6.45, 7) is 6.52. The van der Waals surface area contributed by atoms with E-state index in [0.717, 1.165) is 56.7 Å². The number of hydrogen-bond donors (Lipinski definition) is 2. The Kier molecular flexibility index (Phi) is 7.00. The third-order valence-electron chi connectivity index (χ3n) is 4.15. The lowest BCUT2D eigenvalue weighted by Gasteiger charge is -2.32. The first kappa shape index (κ1) is 16.6. The fraction of sp³-hybridized carbons (Fsp3) is 0.647. The van der Waals surface area contributed by atoms with Crippen LogP contribution in [-0.4, -0.2) is 49.1 Å². The van der Waals surface area contributed by atoms with Crippen LogP contribution in [0.25, 0.3) is 0 Å². The third kappa shape index (κ3) is 5.54. The van der Waals surface area contributed by atoms with Gasteiger partial charge in [-0.15, -0.1) is 0 Å². The first-order valence-corrected chi connectivity index (χ1v) is 8.40. The molecule has 1 aliphatic heterocycles. The molecule has 1 aliphatic rings. The predicted octanol–water partition coefficient (Wildman–Crippen LogP) is 2.58. The molecule has 5 heteroatoms. The number of aliphatic imine (C=N–C) groups is 1. The Morgan fingerprint density at radius 1 is 1.27 bits per heavy atom. The molecule has 122 valence electrons. The van der Waals surface area contributed by atoms with E-state index in [0.29, 0.717) is 0 Å². The molecule has 0 saturated carbocycles. The summed E-state index contributed by atoms with van der Waals surface area (Å²) in [5.74, 6) is 2.87. The number of likely N-dealkylation sites (tertiary alicyclic amines) is 1. The standard InChI is InChI=1S/C17H29N5/c1-15-8-13-22(14-9-15)17(18-2)21-12-6-5-11-20-16-7-3-4-10-19-16/h3-4,7,10,15H,5-6,8-9,11-14H2,1-2H3,(H,18,21)(H,19,20). The minimum atomic E-state index is 0.854. The molecule has 2 N–H and O–H groups in total. The maximum Gasteiger partial charge on any atom is 0.193 e. The van der Waals surface area contributed by atoms with Crippen LogP contribution in [0.4, 0.5) is 5.82 Å². The summed E-state index contributed by atoms with van der Waals surface area (Å²) in [4.78, 5) is 11.0. The van der Waals surface area contributed by atoms with Crippen LogP contribution in [0.15, 0.2) is 29.4 Å². The van der Waals surface area contributed by atoms with Crippen molar-refractivity contribution in [3.8, 4) is 0 Å². The summed E-state index contributed by atoms with van der Waals surface area (Å²) in [6, 6.07) is 5.93. The largest absolute Gasteiger partial charge is 0.370 e. The Morgan fingerprint density at radius 2 is 2.05 bits per heavy atom. The highest BCUT2D eigenvalue weighted by Gasteiger charge is 2.17. The fourth-order valence-electron chi connectivity index (χ4n) is 2.69. The number of nitrogens with zero attached hydrogens (tertiary/aromatic N) is 3. The molecule has 2 rings (SSSR count). The monoisotopic (exact) mass is 303 g/mol. The van der Waals surface area contributed by atoms with E-state index in [-0.39, 0.29) is 0 Å². The molecule has 1 saturated heterocycles. The maximum absolute atomic E-state index is 4.41. The molecule has 1 aromatic rings. The highest BCUT2D eigenvalue weighted by molar-refractivity contribution is 5.79. The molecule has 1 aromatic heterocycles. The summed E-state index contributed by atoms with van der Waals surface area (Å²) < 4.78 is 0. The topological polar surface area (TPSA) is 52.6 Å². The number of guanidine groups is 1. The van der Waals surface area contributed by atoms with Crippen LogP contribution in [0.1, 0.15) is 32.6 Å². The van der Waals surface area contributed by atoms with Crippen molar-refractivity contribution in [2.45, 2.75) is 32.6 Å². The van der Waals surface area contributed by atoms with Crippen molar-refractivity contribution in [1.82, 2.24) is 15.2 Å². The lowest BCUT2D eigenvalue weighted by molar-refractivity contribution is 0.273. The van der Waals surface area contributed by atoms with Gasteiger partial charge in [0.15, 0.2) is 5.96 Å². The average Bonchev–Trinajstić information content (AvgIpc) is 2.56. The average molecular weight is 303 g/mol. The van der Waals surface area contributed by atoms with Gasteiger partial charge < -0.3 is 15.5 Å². The summed E-state index contributed by atoms with van der Waals surface area (Å²) in [6.07, 6.45) is 6.61. The van der Waals surface area contributed by atoms with E-state index in [9.17, 15) is 0 Å². The lowest BCUT2D eigenvalue weighted by Crippen LogP contribution is -2.45. The van der Waals surface area contributed by atoms with Gasteiger partial charge >= 0.3 is 0 Å². The second-order valence-electron chi connectivity index (χ2n) is 5.99. The molecule has 0 radical (unpaired) electrons. The quantitative estimate of drug-likeness (QED) is 0.482. The van der Waals surface area contributed by atoms with E-state index in [1.165, 1.54) is 12.8 Å². The second kappa shape index (κ2) is 9.28. The fourth-order valence-corrected chi connectivity index (χ4v) is 2.69. The van der Waals surface area contributed by atoms with Crippen LogP contribution < -0.4 is 10.6 Å². The molecular formula is C17H29N5. The molecule has 0 bridgehead atoms. The molecule has 5 nitrogen and oxygen atoms in total. The molecule has 1 fully saturated rings. The van der Waals surface area contributed by atoms with Crippen molar-refractivity contribution in [3.05, 3.63) is 24.4 Å². The number of hydrogen-bond acceptors (Lipinski definition) is 3. The van der Waals surface area contributed by atoms with Crippen molar-refractivity contribution in [2.24, 2.45) is 10.9 Å². The van der Waals surface area contributed by atoms with Crippen molar-refractivity contribution in [1.29, 1.82) is 0 Å². The van der Waals surface area contributed by atoms with Gasteiger partial charge in [0.05, 0.1) is 0 Å². The molecule has 0 amide bonds. The van der Waals surface area contributed by atoms with Gasteiger partial charge in [-0.05, 0) is 43.7 Å². The molecule has 0 unspecified atom stereocenters. The Balaban J connectivity index is 1.57. The first-order valence-electron chi connectivity index (χ1n) is 8.40. The van der Waals surface area contributed by atoms with Gasteiger partial charge in [-0.2, -0.15) is 0 Å². The number of nitrogens with one attached hydrogen (secondary N) is 2. The zero-order valence-corrected chi connectivity index (χ0v) is 13.9. The molecule has 0 aliphatic carbocycles. The van der Waals surface area contributed by atoms with Gasteiger partial charge in [0.25, 0.3) is 0 Å². The maximum atomic E-state index is 4.41. The van der Waals surface area contributed by atoms with E-state index in [2.05, 4.69) is 32.4 Å². The Labute approximate surface area is 134 Å². The number of aromatic nitrogens is 1. The van der Waals surface area contributed by atoms with Crippen LogP contribution in [0, 0.1) is 5.92 Å². The molecule has 2 heterocycles. The molecule has 22 heavy (non-hydrogen) atoms. The number of piperidine rings is 1. The smallest absolute Gasteiger partial charge is 0.193 e. The van der Waals surface area contributed by atoms with Crippen molar-refractivity contribution >= 4 is 11.8 Å². The van der Waals surface area contributed by atoms with E-state index in [1.807, 2.05) is 31.4 Å². The van der Waals surface area contributed by atoms with E-state index in [1.54, 1.807) is 0 Å². The zero-order valence-electron chi connectivity index (χ0n) is 13.9. The SMILES string of the molecule is CN=C(NCCCCNc1ccccn1)N1CCC(C)CC1. The van der Waals surface area contributed by atoms with Gasteiger partial charge in [-0.3, -0.25) is 4.99 Å². The van der Waals surface area contributed by atoms with Gasteiger partial charge in [-0.1, -0.05) is 13.0 Å². The summed E-state index contributed by atoms with van der Waals surface area (Å²) in [7, 11) is 1.88. The van der Waals surface area contributed by atoms with Gasteiger partial charge in [-0.25, -0.2) is 4.98 Å².